The molecule has 1 aromatic rings. The van der Waals surface area contributed by atoms with Crippen LogP contribution in [0.15, 0.2) is 18.2 Å². The first kappa shape index (κ1) is 11.4. The Bertz CT molecular complexity index is 406. The van der Waals surface area contributed by atoms with Gasteiger partial charge in [-0.3, -0.25) is 4.79 Å². The molecule has 0 fully saturated rings. The summed E-state index contributed by atoms with van der Waals surface area (Å²) in [6, 6.07) is 5.66. The topological polar surface area (TPSA) is 29.5 Å². The molecule has 0 aromatic heterocycles. The van der Waals surface area contributed by atoms with E-state index in [1.807, 2.05) is 18.2 Å². The summed E-state index contributed by atoms with van der Waals surface area (Å²) in [4.78, 5) is 13.6. The number of methoxy groups -OCH3 is 1. The van der Waals surface area contributed by atoms with Gasteiger partial charge in [0.1, 0.15) is 6.61 Å². The van der Waals surface area contributed by atoms with Crippen LogP contribution in [0.1, 0.15) is 12.0 Å². The molecule has 0 aliphatic carbocycles. The van der Waals surface area contributed by atoms with E-state index >= 15 is 0 Å². The first-order chi connectivity index (χ1) is 7.72. The number of rotatable bonds is 2. The summed E-state index contributed by atoms with van der Waals surface area (Å²) in [6.45, 7) is 0.888. The van der Waals surface area contributed by atoms with Gasteiger partial charge in [-0.05, 0) is 36.6 Å². The highest BCUT2D eigenvalue weighted by Crippen LogP contribution is 2.29. The van der Waals surface area contributed by atoms with Gasteiger partial charge < -0.3 is 9.64 Å². The van der Waals surface area contributed by atoms with Gasteiger partial charge in [-0.15, -0.1) is 0 Å². The number of anilines is 1. The molecule has 1 aliphatic heterocycles. The second-order valence-electron chi connectivity index (χ2n) is 3.85. The van der Waals surface area contributed by atoms with Gasteiger partial charge in [-0.1, -0.05) is 11.6 Å². The Hall–Kier alpha value is -1.06. The lowest BCUT2D eigenvalue weighted by atomic mass is 10.0. The number of benzene rings is 1. The van der Waals surface area contributed by atoms with E-state index in [4.69, 9.17) is 16.3 Å². The van der Waals surface area contributed by atoms with E-state index in [2.05, 4.69) is 0 Å². The molecule has 3 nitrogen and oxygen atoms in total. The van der Waals surface area contributed by atoms with Crippen LogP contribution in [0.3, 0.4) is 0 Å². The number of carbonyl (C=O) groups is 1. The van der Waals surface area contributed by atoms with Gasteiger partial charge in [0.2, 0.25) is 0 Å². The summed E-state index contributed by atoms with van der Waals surface area (Å²) in [5.41, 5.74) is 2.11. The molecule has 0 saturated carbocycles. The Balaban J connectivity index is 2.29. The number of ether oxygens (including phenoxy) is 1. The molecular weight excluding hydrogens is 226 g/mol. The van der Waals surface area contributed by atoms with Crippen LogP contribution in [-0.4, -0.2) is 26.2 Å². The summed E-state index contributed by atoms with van der Waals surface area (Å²) < 4.78 is 4.88. The van der Waals surface area contributed by atoms with Crippen LogP contribution in [0.25, 0.3) is 0 Å². The minimum Gasteiger partial charge on any atom is -0.375 e. The zero-order chi connectivity index (χ0) is 11.5. The van der Waals surface area contributed by atoms with Crippen molar-refractivity contribution in [2.24, 2.45) is 0 Å². The highest BCUT2D eigenvalue weighted by molar-refractivity contribution is 6.30. The van der Waals surface area contributed by atoms with Crippen LogP contribution in [0.5, 0.6) is 0 Å². The van der Waals surface area contributed by atoms with E-state index < -0.39 is 0 Å². The minimum atomic E-state index is 0.00534. The summed E-state index contributed by atoms with van der Waals surface area (Å²) in [6.07, 6.45) is 1.95. The maximum absolute atomic E-state index is 11.8. The lowest BCUT2D eigenvalue weighted by Gasteiger charge is -2.29. The first-order valence-electron chi connectivity index (χ1n) is 5.30. The first-order valence-corrected chi connectivity index (χ1v) is 5.68. The predicted molar refractivity (Wildman–Crippen MR) is 64.0 cm³/mol. The van der Waals surface area contributed by atoms with Crippen molar-refractivity contribution in [2.45, 2.75) is 12.8 Å². The van der Waals surface area contributed by atoms with Gasteiger partial charge in [0.05, 0.1) is 0 Å². The molecule has 2 rings (SSSR count). The molecule has 0 N–H and O–H groups in total. The number of aryl methyl sites for hydroxylation is 1. The smallest absolute Gasteiger partial charge is 0.252 e. The maximum Gasteiger partial charge on any atom is 0.252 e. The van der Waals surface area contributed by atoms with Gasteiger partial charge in [0.15, 0.2) is 0 Å². The fourth-order valence-electron chi connectivity index (χ4n) is 2.03. The lowest BCUT2D eigenvalue weighted by Crippen LogP contribution is -2.37. The molecule has 1 aromatic carbocycles. The molecule has 0 spiro atoms. The molecular formula is C12H14ClNO2. The Labute approximate surface area is 100.0 Å². The Morgan fingerprint density at radius 2 is 2.38 bits per heavy atom. The number of hydrogen-bond donors (Lipinski definition) is 0. The Kier molecular flexibility index (Phi) is 3.46. The standard InChI is InChI=1S/C12H14ClNO2/c1-16-8-12(15)14-6-2-3-9-7-10(13)4-5-11(9)14/h4-5,7H,2-3,6,8H2,1H3. The normalized spacial score (nSPS) is 14.8. The second kappa shape index (κ2) is 4.85. The van der Waals surface area contributed by atoms with Gasteiger partial charge in [0, 0.05) is 24.4 Å². The maximum atomic E-state index is 11.8. The van der Waals surface area contributed by atoms with Crippen molar-refractivity contribution in [2.75, 3.05) is 25.2 Å². The van der Waals surface area contributed by atoms with E-state index in [1.54, 1.807) is 4.90 Å². The second-order valence-corrected chi connectivity index (χ2v) is 4.29. The van der Waals surface area contributed by atoms with Crippen molar-refractivity contribution in [3.05, 3.63) is 28.8 Å². The average molecular weight is 240 g/mol. The molecule has 0 unspecified atom stereocenters. The van der Waals surface area contributed by atoms with Gasteiger partial charge in [-0.25, -0.2) is 0 Å². The summed E-state index contributed by atoms with van der Waals surface area (Å²) >= 11 is 5.94. The highest BCUT2D eigenvalue weighted by Gasteiger charge is 2.22. The average Bonchev–Trinajstić information content (AvgIpc) is 2.28. The third-order valence-corrected chi connectivity index (χ3v) is 2.96. The van der Waals surface area contributed by atoms with E-state index in [0.29, 0.717) is 0 Å². The number of hydrogen-bond acceptors (Lipinski definition) is 2. The third kappa shape index (κ3) is 2.20. The van der Waals surface area contributed by atoms with Crippen molar-refractivity contribution in [3.63, 3.8) is 0 Å². The molecule has 4 heteroatoms. The molecule has 1 heterocycles. The molecule has 16 heavy (non-hydrogen) atoms. The van der Waals surface area contributed by atoms with Gasteiger partial charge >= 0.3 is 0 Å². The van der Waals surface area contributed by atoms with Crippen LogP contribution < -0.4 is 4.90 Å². The van der Waals surface area contributed by atoms with Crippen LogP contribution >= 0.6 is 11.6 Å². The monoisotopic (exact) mass is 239 g/mol. The van der Waals surface area contributed by atoms with Crippen LogP contribution in [0, 0.1) is 0 Å². The number of amides is 1. The van der Waals surface area contributed by atoms with Crippen LogP contribution in [0.2, 0.25) is 5.02 Å². The largest absolute Gasteiger partial charge is 0.375 e. The number of nitrogens with zero attached hydrogens (tertiary/aromatic N) is 1. The van der Waals surface area contributed by atoms with Gasteiger partial charge in [-0.2, -0.15) is 0 Å². The molecule has 1 amide bonds. The quantitative estimate of drug-likeness (QED) is 0.793. The summed E-state index contributed by atoms with van der Waals surface area (Å²) in [7, 11) is 1.53. The number of fused-ring (bicyclic) bond motifs is 1. The molecule has 86 valence electrons. The zero-order valence-corrected chi connectivity index (χ0v) is 9.96. The van der Waals surface area contributed by atoms with Crippen molar-refractivity contribution >= 4 is 23.2 Å². The summed E-state index contributed by atoms with van der Waals surface area (Å²) in [5.74, 6) is 0.00534. The number of carbonyl (C=O) groups excluding carboxylic acids is 1. The molecule has 0 radical (unpaired) electrons. The molecule has 0 bridgehead atoms. The van der Waals surface area contributed by atoms with Crippen molar-refractivity contribution < 1.29 is 9.53 Å². The van der Waals surface area contributed by atoms with Crippen LogP contribution in [0.4, 0.5) is 5.69 Å². The van der Waals surface area contributed by atoms with E-state index in [-0.39, 0.29) is 12.5 Å². The van der Waals surface area contributed by atoms with Crippen molar-refractivity contribution in [3.8, 4) is 0 Å². The highest BCUT2D eigenvalue weighted by atomic mass is 35.5. The molecule has 0 saturated heterocycles. The minimum absolute atomic E-state index is 0.00534. The molecule has 1 aliphatic rings. The summed E-state index contributed by atoms with van der Waals surface area (Å²) in [5, 5.41) is 0.722. The van der Waals surface area contributed by atoms with E-state index in [0.717, 1.165) is 35.7 Å². The Morgan fingerprint density at radius 3 is 3.12 bits per heavy atom. The van der Waals surface area contributed by atoms with Crippen molar-refractivity contribution in [1.29, 1.82) is 0 Å². The van der Waals surface area contributed by atoms with E-state index in [9.17, 15) is 4.79 Å². The zero-order valence-electron chi connectivity index (χ0n) is 9.20. The van der Waals surface area contributed by atoms with E-state index in [1.165, 1.54) is 7.11 Å². The van der Waals surface area contributed by atoms with Gasteiger partial charge in [0.25, 0.3) is 5.91 Å². The number of halogens is 1. The molecule has 0 atom stereocenters. The van der Waals surface area contributed by atoms with Crippen molar-refractivity contribution in [1.82, 2.24) is 0 Å². The SMILES string of the molecule is COCC(=O)N1CCCc2cc(Cl)ccc21. The van der Waals surface area contributed by atoms with Crippen LogP contribution in [-0.2, 0) is 16.0 Å². The fourth-order valence-corrected chi connectivity index (χ4v) is 2.22. The lowest BCUT2D eigenvalue weighted by molar-refractivity contribution is -0.122. The Morgan fingerprint density at radius 1 is 1.56 bits per heavy atom. The fraction of sp³-hybridized carbons (Fsp3) is 0.417. The third-order valence-electron chi connectivity index (χ3n) is 2.73. The predicted octanol–water partition coefficient (Wildman–Crippen LogP) is 2.27.